The van der Waals surface area contributed by atoms with E-state index >= 15 is 0 Å². The van der Waals surface area contributed by atoms with E-state index in [1.807, 2.05) is 66.7 Å². The number of nitrogens with one attached hydrogen (secondary N) is 2. The highest BCUT2D eigenvalue weighted by Crippen LogP contribution is 2.38. The minimum Gasteiger partial charge on any atom is -0.397 e. The van der Waals surface area contributed by atoms with Crippen molar-refractivity contribution in [3.8, 4) is 0 Å². The molecule has 1 saturated heterocycles. The number of unbranched alkanes of at least 4 members (excludes halogenated alkanes) is 1. The Morgan fingerprint density at radius 1 is 0.792 bits per heavy atom. The van der Waals surface area contributed by atoms with E-state index in [0.29, 0.717) is 50.0 Å². The van der Waals surface area contributed by atoms with E-state index in [1.54, 1.807) is 12.1 Å². The van der Waals surface area contributed by atoms with Crippen LogP contribution in [-0.2, 0) is 38.8 Å². The lowest BCUT2D eigenvalue weighted by Crippen LogP contribution is -2.37. The molecule has 0 aliphatic carbocycles. The molecular weight excluding hydrogens is 604 g/mol. The molecule has 0 saturated carbocycles. The van der Waals surface area contributed by atoms with Crippen LogP contribution in [0.2, 0.25) is 0 Å². The fourth-order valence-electron chi connectivity index (χ4n) is 5.82. The highest BCUT2D eigenvalue weighted by Gasteiger charge is 2.32. The van der Waals surface area contributed by atoms with E-state index < -0.39 is 6.29 Å². The third kappa shape index (κ3) is 10.5. The van der Waals surface area contributed by atoms with Crippen molar-refractivity contribution in [3.05, 3.63) is 131 Å². The summed E-state index contributed by atoms with van der Waals surface area (Å²) in [7, 11) is 2.11. The number of aliphatic hydroxyl groups excluding tert-OH is 1. The first kappa shape index (κ1) is 34.8. The second-order valence-corrected chi connectivity index (χ2v) is 12.4. The van der Waals surface area contributed by atoms with Crippen molar-refractivity contribution in [2.75, 3.05) is 24.6 Å². The Morgan fingerprint density at radius 2 is 1.44 bits per heavy atom. The normalized spacial score (nSPS) is 17.6. The molecule has 0 bridgehead atoms. The van der Waals surface area contributed by atoms with Gasteiger partial charge in [0.05, 0.1) is 30.2 Å². The molecule has 2 amide bonds. The molecule has 1 heterocycles. The molecule has 9 nitrogen and oxygen atoms in total. The van der Waals surface area contributed by atoms with Gasteiger partial charge in [-0.1, -0.05) is 91.0 Å². The van der Waals surface area contributed by atoms with E-state index in [-0.39, 0.29) is 30.6 Å². The first-order chi connectivity index (χ1) is 23.4. The summed E-state index contributed by atoms with van der Waals surface area (Å²) < 4.78 is 13.0. The van der Waals surface area contributed by atoms with Crippen LogP contribution in [0.1, 0.15) is 72.3 Å². The number of hydrogen-bond acceptors (Lipinski definition) is 7. The number of hydrogen-bond donors (Lipinski definition) is 4. The summed E-state index contributed by atoms with van der Waals surface area (Å²) in [6.07, 6.45) is 1.86. The maximum Gasteiger partial charge on any atom is 0.224 e. The first-order valence-corrected chi connectivity index (χ1v) is 16.6. The molecule has 0 spiro atoms. The molecule has 4 aromatic carbocycles. The van der Waals surface area contributed by atoms with Crippen LogP contribution in [0.4, 0.5) is 11.4 Å². The number of para-hydroxylation sites is 2. The van der Waals surface area contributed by atoms with Gasteiger partial charge in [-0.05, 0) is 54.3 Å². The van der Waals surface area contributed by atoms with Crippen LogP contribution in [0.3, 0.4) is 0 Å². The molecule has 4 aromatic rings. The number of rotatable bonds is 15. The van der Waals surface area contributed by atoms with Crippen molar-refractivity contribution >= 4 is 23.2 Å². The summed E-state index contributed by atoms with van der Waals surface area (Å²) in [6, 6.07) is 33.4. The van der Waals surface area contributed by atoms with Gasteiger partial charge in [0.2, 0.25) is 11.8 Å². The smallest absolute Gasteiger partial charge is 0.224 e. The van der Waals surface area contributed by atoms with Gasteiger partial charge in [0.1, 0.15) is 0 Å². The van der Waals surface area contributed by atoms with Crippen LogP contribution in [0.25, 0.3) is 0 Å². The summed E-state index contributed by atoms with van der Waals surface area (Å²) >= 11 is 0. The Morgan fingerprint density at radius 3 is 2.15 bits per heavy atom. The first-order valence-electron chi connectivity index (χ1n) is 16.6. The van der Waals surface area contributed by atoms with Crippen LogP contribution in [-0.4, -0.2) is 41.5 Å². The number of carbonyl (C=O) groups is 2. The highest BCUT2D eigenvalue weighted by molar-refractivity contribution is 5.93. The SMILES string of the molecule is CN(Cc1ccccc1)C[C@@H]1C[C@H](c2ccc(CO)cc2)O[C@H](c2ccc(CNC(=O)CCCCC(=O)Nc3ccccc3N)cc2)O1. The predicted octanol–water partition coefficient (Wildman–Crippen LogP) is 6.25. The van der Waals surface area contributed by atoms with Crippen molar-refractivity contribution in [3.63, 3.8) is 0 Å². The number of benzene rings is 4. The largest absolute Gasteiger partial charge is 0.397 e. The quantitative estimate of drug-likeness (QED) is 0.0885. The van der Waals surface area contributed by atoms with Gasteiger partial charge < -0.3 is 30.9 Å². The average molecular weight is 651 g/mol. The van der Waals surface area contributed by atoms with Gasteiger partial charge in [-0.15, -0.1) is 0 Å². The lowest BCUT2D eigenvalue weighted by molar-refractivity contribution is -0.252. The maximum atomic E-state index is 12.5. The number of amides is 2. The lowest BCUT2D eigenvalue weighted by Gasteiger charge is -2.38. The van der Waals surface area contributed by atoms with Crippen LogP contribution >= 0.6 is 0 Å². The minimum absolute atomic E-state index is 0.00141. The molecular formula is C39H46N4O5. The van der Waals surface area contributed by atoms with Crippen molar-refractivity contribution in [1.82, 2.24) is 10.2 Å². The zero-order valence-electron chi connectivity index (χ0n) is 27.5. The van der Waals surface area contributed by atoms with Crippen molar-refractivity contribution in [1.29, 1.82) is 0 Å². The third-order valence-electron chi connectivity index (χ3n) is 8.46. The van der Waals surface area contributed by atoms with Gasteiger partial charge in [-0.2, -0.15) is 0 Å². The second kappa shape index (κ2) is 17.6. The fourth-order valence-corrected chi connectivity index (χ4v) is 5.82. The number of nitrogens with two attached hydrogens (primary N) is 1. The van der Waals surface area contributed by atoms with Gasteiger partial charge in [-0.25, -0.2) is 0 Å². The van der Waals surface area contributed by atoms with Gasteiger partial charge in [0.25, 0.3) is 0 Å². The van der Waals surface area contributed by atoms with Crippen LogP contribution < -0.4 is 16.4 Å². The summed E-state index contributed by atoms with van der Waals surface area (Å²) in [5.41, 5.74) is 12.1. The number of carbonyl (C=O) groups excluding carboxylic acids is 2. The van der Waals surface area contributed by atoms with Crippen LogP contribution in [0.5, 0.6) is 0 Å². The van der Waals surface area contributed by atoms with Crippen molar-refractivity contribution in [2.24, 2.45) is 0 Å². The fraction of sp³-hybridized carbons (Fsp3) is 0.333. The number of ether oxygens (including phenoxy) is 2. The highest BCUT2D eigenvalue weighted by atomic mass is 16.7. The van der Waals surface area contributed by atoms with Crippen molar-refractivity contribution < 1.29 is 24.2 Å². The number of anilines is 2. The molecule has 252 valence electrons. The van der Waals surface area contributed by atoms with Gasteiger partial charge in [0.15, 0.2) is 6.29 Å². The summed E-state index contributed by atoms with van der Waals surface area (Å²) in [6.45, 7) is 1.98. The second-order valence-electron chi connectivity index (χ2n) is 12.4. The maximum absolute atomic E-state index is 12.5. The summed E-state index contributed by atoms with van der Waals surface area (Å²) in [5.74, 6) is -0.168. The number of aliphatic hydroxyl groups is 1. The number of likely N-dealkylation sites (N-methyl/N-ethyl adjacent to an activating group) is 1. The minimum atomic E-state index is -0.546. The van der Waals surface area contributed by atoms with E-state index in [4.69, 9.17) is 15.2 Å². The Balaban J connectivity index is 1.11. The van der Waals surface area contributed by atoms with Crippen LogP contribution in [0, 0.1) is 0 Å². The predicted molar refractivity (Wildman–Crippen MR) is 187 cm³/mol. The number of nitrogens with zero attached hydrogens (tertiary/aromatic N) is 1. The molecule has 48 heavy (non-hydrogen) atoms. The van der Waals surface area contributed by atoms with Gasteiger partial charge in [0, 0.05) is 44.5 Å². The molecule has 3 atom stereocenters. The lowest BCUT2D eigenvalue weighted by atomic mass is 9.99. The van der Waals surface area contributed by atoms with Crippen LogP contribution in [0.15, 0.2) is 103 Å². The Hall–Kier alpha value is -4.54. The van der Waals surface area contributed by atoms with E-state index in [0.717, 1.165) is 35.3 Å². The standard InChI is InChI=1S/C39H46N4O5/c1-43(25-29-9-3-2-4-10-29)26-33-23-36(31-19-17-30(27-44)18-20-31)48-39(47-33)32-21-15-28(16-22-32)24-41-37(45)13-7-8-14-38(46)42-35-12-6-5-11-34(35)40/h2-6,9-12,15-22,33,36,39,44H,7-8,13-14,23-27,40H2,1H3,(H,41,45)(H,42,46)/t33-,36+,39+/m0/s1. The topological polar surface area (TPSA) is 126 Å². The zero-order valence-corrected chi connectivity index (χ0v) is 27.5. The molecule has 9 heteroatoms. The molecule has 0 aromatic heterocycles. The van der Waals surface area contributed by atoms with E-state index in [9.17, 15) is 14.7 Å². The molecule has 1 aliphatic rings. The van der Waals surface area contributed by atoms with Crippen molar-refractivity contribution in [2.45, 2.75) is 70.3 Å². The molecule has 0 radical (unpaired) electrons. The zero-order chi connectivity index (χ0) is 33.7. The average Bonchev–Trinajstić information content (AvgIpc) is 3.10. The number of nitrogen functional groups attached to an aromatic ring is 1. The Kier molecular flexibility index (Phi) is 12.7. The molecule has 1 fully saturated rings. The monoisotopic (exact) mass is 650 g/mol. The molecule has 5 N–H and O–H groups in total. The van der Waals surface area contributed by atoms with E-state index in [1.165, 1.54) is 5.56 Å². The van der Waals surface area contributed by atoms with Gasteiger partial charge in [-0.3, -0.25) is 14.5 Å². The Labute approximate surface area is 283 Å². The van der Waals surface area contributed by atoms with Gasteiger partial charge >= 0.3 is 0 Å². The third-order valence-corrected chi connectivity index (χ3v) is 8.46. The molecule has 5 rings (SSSR count). The molecule has 1 aliphatic heterocycles. The summed E-state index contributed by atoms with van der Waals surface area (Å²) in [4.78, 5) is 27.0. The Bertz CT molecular complexity index is 1600. The summed E-state index contributed by atoms with van der Waals surface area (Å²) in [5, 5.41) is 15.3. The van der Waals surface area contributed by atoms with E-state index in [2.05, 4.69) is 46.8 Å². The molecule has 0 unspecified atom stereocenters.